The van der Waals surface area contributed by atoms with E-state index >= 15 is 0 Å². The molecule has 8 nitrogen and oxygen atoms in total. The zero-order chi connectivity index (χ0) is 23.8. The number of halogens is 1. The number of amides is 2. The van der Waals surface area contributed by atoms with Gasteiger partial charge in [-0.15, -0.1) is 0 Å². The summed E-state index contributed by atoms with van der Waals surface area (Å²) >= 11 is 5.80. The fourth-order valence-corrected chi connectivity index (χ4v) is 4.36. The second-order valence-corrected chi connectivity index (χ2v) is 10.5. The summed E-state index contributed by atoms with van der Waals surface area (Å²) in [5.41, 5.74) is 0. The van der Waals surface area contributed by atoms with E-state index in [0.29, 0.717) is 37.9 Å². The second-order valence-electron chi connectivity index (χ2n) is 8.65. The van der Waals surface area contributed by atoms with Crippen LogP contribution in [0.5, 0.6) is 0 Å². The Morgan fingerprint density at radius 2 is 1.79 bits per heavy atom. The Labute approximate surface area is 203 Å². The first kappa shape index (κ1) is 25.9. The SMILES string of the molecule is C1CC1.CC1COCCN1S(=O)c1ccc(Cl)cc1.CN1CCN(C(=O)OC2CC2)CC1=O. The molecule has 2 saturated heterocycles. The van der Waals surface area contributed by atoms with E-state index in [1.165, 1.54) is 24.2 Å². The molecule has 2 unspecified atom stereocenters. The summed E-state index contributed by atoms with van der Waals surface area (Å²) in [5.74, 6) is -0.0241. The van der Waals surface area contributed by atoms with Gasteiger partial charge < -0.3 is 14.4 Å². The highest BCUT2D eigenvalue weighted by Gasteiger charge is 2.31. The standard InChI is InChI=1S/C11H14ClNO2S.C9H14N2O3.C3H6/c1-9-8-15-7-6-13(9)16(14)11-4-2-10(12)3-5-11;1-10-4-5-11(6-8(10)12)9(13)14-7-2-3-7;1-2-3-1/h2-5,9H,6-8H2,1H3;7H,2-6H2,1H3;1-3H2. The molecule has 2 aliphatic carbocycles. The maximum absolute atomic E-state index is 12.3. The molecular weight excluding hydrogens is 466 g/mol. The Hall–Kier alpha value is -1.68. The maximum Gasteiger partial charge on any atom is 0.410 e. The smallest absolute Gasteiger partial charge is 0.410 e. The molecule has 0 radical (unpaired) electrons. The number of ether oxygens (including phenoxy) is 2. The molecule has 2 amide bonds. The Bertz CT molecular complexity index is 816. The monoisotopic (exact) mass is 499 g/mol. The van der Waals surface area contributed by atoms with Gasteiger partial charge in [-0.1, -0.05) is 30.9 Å². The number of piperazine rings is 1. The molecule has 1 aromatic carbocycles. The van der Waals surface area contributed by atoms with Crippen LogP contribution in [0, 0.1) is 0 Å². The molecule has 0 spiro atoms. The lowest BCUT2D eigenvalue weighted by atomic mass is 10.3. The van der Waals surface area contributed by atoms with Crippen molar-refractivity contribution in [3.63, 3.8) is 0 Å². The summed E-state index contributed by atoms with van der Waals surface area (Å²) in [6, 6.07) is 7.33. The van der Waals surface area contributed by atoms with E-state index in [9.17, 15) is 13.8 Å². The minimum absolute atomic E-state index is 0.0241. The average Bonchev–Trinajstić information content (AvgIpc) is 3.70. The predicted molar refractivity (Wildman–Crippen MR) is 127 cm³/mol. The topological polar surface area (TPSA) is 79.4 Å². The minimum Gasteiger partial charge on any atom is -0.446 e. The summed E-state index contributed by atoms with van der Waals surface area (Å²) in [6.45, 7) is 5.33. The minimum atomic E-state index is -1.11. The van der Waals surface area contributed by atoms with Crippen molar-refractivity contribution in [2.75, 3.05) is 46.4 Å². The van der Waals surface area contributed by atoms with E-state index in [-0.39, 0.29) is 30.7 Å². The van der Waals surface area contributed by atoms with Crippen molar-refractivity contribution in [3.05, 3.63) is 29.3 Å². The lowest BCUT2D eigenvalue weighted by Crippen LogP contribution is -2.50. The molecule has 2 atom stereocenters. The second kappa shape index (κ2) is 12.7. The number of morpholine rings is 1. The quantitative estimate of drug-likeness (QED) is 0.637. The highest BCUT2D eigenvalue weighted by molar-refractivity contribution is 7.82. The first-order chi connectivity index (χ1) is 15.8. The number of hydrogen-bond donors (Lipinski definition) is 0. The Morgan fingerprint density at radius 3 is 2.33 bits per heavy atom. The van der Waals surface area contributed by atoms with Gasteiger partial charge in [0, 0.05) is 37.7 Å². The molecule has 1 aromatic rings. The molecule has 10 heteroatoms. The summed E-state index contributed by atoms with van der Waals surface area (Å²) < 4.78 is 24.6. The fraction of sp³-hybridized carbons (Fsp3) is 0.652. The first-order valence-corrected chi connectivity index (χ1v) is 13.0. The van der Waals surface area contributed by atoms with Gasteiger partial charge in [-0.2, -0.15) is 0 Å². The molecule has 2 aliphatic heterocycles. The lowest BCUT2D eigenvalue weighted by molar-refractivity contribution is -0.133. The number of benzene rings is 1. The highest BCUT2D eigenvalue weighted by Crippen LogP contribution is 2.24. The fourth-order valence-electron chi connectivity index (χ4n) is 2.96. The molecule has 0 bridgehead atoms. The van der Waals surface area contributed by atoms with Gasteiger partial charge in [0.15, 0.2) is 0 Å². The van der Waals surface area contributed by atoms with Crippen LogP contribution in [0.1, 0.15) is 39.0 Å². The van der Waals surface area contributed by atoms with Crippen molar-refractivity contribution in [3.8, 4) is 0 Å². The van der Waals surface area contributed by atoms with Crippen molar-refractivity contribution < 1.29 is 23.3 Å². The molecule has 4 fully saturated rings. The Balaban J connectivity index is 0.000000165. The van der Waals surface area contributed by atoms with Crippen molar-refractivity contribution in [2.45, 2.75) is 56.1 Å². The molecular formula is C23H34ClN3O5S. The normalized spacial score (nSPS) is 23.5. The van der Waals surface area contributed by atoms with Crippen LogP contribution in [0.25, 0.3) is 0 Å². The summed E-state index contributed by atoms with van der Waals surface area (Å²) in [5, 5.41) is 0.663. The van der Waals surface area contributed by atoms with E-state index < -0.39 is 11.0 Å². The molecule has 4 aliphatic rings. The third-order valence-electron chi connectivity index (χ3n) is 5.40. The Kier molecular flexibility index (Phi) is 9.97. The molecule has 2 heterocycles. The van der Waals surface area contributed by atoms with Crippen LogP contribution in [0.4, 0.5) is 4.79 Å². The largest absolute Gasteiger partial charge is 0.446 e. The molecule has 5 rings (SSSR count). The van der Waals surface area contributed by atoms with Crippen molar-refractivity contribution in [1.82, 2.24) is 14.1 Å². The first-order valence-electron chi connectivity index (χ1n) is 11.6. The van der Waals surface area contributed by atoms with Crippen molar-refractivity contribution in [2.24, 2.45) is 0 Å². The highest BCUT2D eigenvalue weighted by atomic mass is 35.5. The number of likely N-dealkylation sites (N-methyl/N-ethyl adjacent to an activating group) is 1. The third kappa shape index (κ3) is 8.88. The predicted octanol–water partition coefficient (Wildman–Crippen LogP) is 3.31. The van der Waals surface area contributed by atoms with Gasteiger partial charge in [-0.3, -0.25) is 9.69 Å². The Morgan fingerprint density at radius 1 is 1.12 bits per heavy atom. The molecule has 2 saturated carbocycles. The number of rotatable bonds is 3. The molecule has 0 N–H and O–H groups in total. The number of carbonyl (C=O) groups is 2. The molecule has 184 valence electrons. The lowest BCUT2D eigenvalue weighted by Gasteiger charge is -2.31. The number of carbonyl (C=O) groups excluding carboxylic acids is 2. The summed E-state index contributed by atoms with van der Waals surface area (Å²) in [7, 11) is 0.628. The van der Waals surface area contributed by atoms with Crippen molar-refractivity contribution >= 4 is 34.6 Å². The summed E-state index contributed by atoms with van der Waals surface area (Å²) in [4.78, 5) is 26.6. The average molecular weight is 500 g/mol. The van der Waals surface area contributed by atoms with Crippen LogP contribution in [0.3, 0.4) is 0 Å². The molecule has 33 heavy (non-hydrogen) atoms. The van der Waals surface area contributed by atoms with Gasteiger partial charge in [-0.05, 0) is 44.0 Å². The third-order valence-corrected chi connectivity index (χ3v) is 7.29. The zero-order valence-corrected chi connectivity index (χ0v) is 21.0. The maximum atomic E-state index is 12.3. The van der Waals surface area contributed by atoms with E-state index in [1.54, 1.807) is 36.2 Å². The van der Waals surface area contributed by atoms with Crippen LogP contribution < -0.4 is 0 Å². The van der Waals surface area contributed by atoms with Gasteiger partial charge in [0.2, 0.25) is 5.91 Å². The van der Waals surface area contributed by atoms with Gasteiger partial charge in [0.1, 0.15) is 23.6 Å². The van der Waals surface area contributed by atoms with E-state index in [2.05, 4.69) is 0 Å². The van der Waals surface area contributed by atoms with Crippen LogP contribution >= 0.6 is 11.6 Å². The zero-order valence-electron chi connectivity index (χ0n) is 19.4. The van der Waals surface area contributed by atoms with Gasteiger partial charge in [-0.25, -0.2) is 13.3 Å². The van der Waals surface area contributed by atoms with E-state index in [1.807, 2.05) is 11.2 Å². The summed E-state index contributed by atoms with van der Waals surface area (Å²) in [6.07, 6.45) is 6.20. The van der Waals surface area contributed by atoms with E-state index in [0.717, 1.165) is 17.7 Å². The van der Waals surface area contributed by atoms with Gasteiger partial charge >= 0.3 is 6.09 Å². The van der Waals surface area contributed by atoms with Crippen LogP contribution in [0.15, 0.2) is 29.2 Å². The number of hydrogen-bond acceptors (Lipinski definition) is 5. The van der Waals surface area contributed by atoms with Gasteiger partial charge in [0.05, 0.1) is 18.1 Å². The molecule has 0 aromatic heterocycles. The van der Waals surface area contributed by atoms with E-state index in [4.69, 9.17) is 21.1 Å². The van der Waals surface area contributed by atoms with Crippen LogP contribution in [-0.4, -0.2) is 88.9 Å². The van der Waals surface area contributed by atoms with Crippen LogP contribution in [-0.2, 0) is 25.3 Å². The van der Waals surface area contributed by atoms with Crippen LogP contribution in [0.2, 0.25) is 5.02 Å². The number of nitrogens with zero attached hydrogens (tertiary/aromatic N) is 3. The van der Waals surface area contributed by atoms with Gasteiger partial charge in [0.25, 0.3) is 0 Å². The van der Waals surface area contributed by atoms with Crippen molar-refractivity contribution in [1.29, 1.82) is 0 Å².